The molecule has 3 atom stereocenters. The molecule has 0 aromatic heterocycles. The van der Waals surface area contributed by atoms with Crippen molar-refractivity contribution in [2.75, 3.05) is 11.9 Å². The highest BCUT2D eigenvalue weighted by molar-refractivity contribution is 6.01. The third-order valence-electron chi connectivity index (χ3n) is 10.8. The number of nitrogens with one attached hydrogen (secondary N) is 5. The smallest absolute Gasteiger partial charge is 0.410 e. The highest BCUT2D eigenvalue weighted by Crippen LogP contribution is 2.37. The van der Waals surface area contributed by atoms with E-state index < -0.39 is 82.9 Å². The zero-order valence-corrected chi connectivity index (χ0v) is 39.9. The number of benzene rings is 4. The Morgan fingerprint density at radius 1 is 0.691 bits per heavy atom. The van der Waals surface area contributed by atoms with E-state index in [-0.39, 0.29) is 25.9 Å². The molecule has 4 aromatic carbocycles. The lowest BCUT2D eigenvalue weighted by molar-refractivity contribution is -0.155. The fraction of sp³-hybridized carbons (Fsp3) is 0.404. The maximum atomic E-state index is 14.6. The minimum atomic E-state index is -1.45. The van der Waals surface area contributed by atoms with Crippen molar-refractivity contribution < 1.29 is 47.9 Å². The largest absolute Gasteiger partial charge is 0.461 e. The second kappa shape index (κ2) is 23.6. The predicted octanol–water partition coefficient (Wildman–Crippen LogP) is 6.57. The van der Waals surface area contributed by atoms with Crippen LogP contribution in [0, 0.1) is 0 Å². The SMILES string of the molecule is C[C@H](NC(=O)[C@@H]1CCCN1C(=O)OC(C)(C)C)C(=O)N[C@@H](CC(=O)NC(c1ccccc1)(c1ccccc1)c1ccccc1)C(=O)Nc1ccc(COC(=O)CCCC(=O)ONC(C)(C)C)cc1. The number of likely N-dealkylation sites (tertiary alicyclic amines) is 1. The normalized spacial score (nSPS) is 14.7. The highest BCUT2D eigenvalue weighted by atomic mass is 16.7. The molecule has 1 fully saturated rings. The van der Waals surface area contributed by atoms with Crippen LogP contribution in [0.15, 0.2) is 115 Å². The average molecular weight is 933 g/mol. The van der Waals surface area contributed by atoms with Gasteiger partial charge in [0.05, 0.1) is 6.42 Å². The van der Waals surface area contributed by atoms with Crippen molar-refractivity contribution in [3.8, 4) is 0 Å². The molecule has 4 aromatic rings. The molecule has 1 aliphatic heterocycles. The van der Waals surface area contributed by atoms with Crippen molar-refractivity contribution in [2.24, 2.45) is 0 Å². The molecule has 0 saturated carbocycles. The Morgan fingerprint density at radius 2 is 1.24 bits per heavy atom. The molecule has 0 unspecified atom stereocenters. The van der Waals surface area contributed by atoms with Gasteiger partial charge >= 0.3 is 18.0 Å². The topological polar surface area (TPSA) is 211 Å². The van der Waals surface area contributed by atoms with Gasteiger partial charge < -0.3 is 35.6 Å². The van der Waals surface area contributed by atoms with E-state index in [2.05, 4.69) is 26.7 Å². The molecule has 5 rings (SSSR count). The number of amides is 5. The van der Waals surface area contributed by atoms with Gasteiger partial charge in [0.2, 0.25) is 23.6 Å². The van der Waals surface area contributed by atoms with Gasteiger partial charge in [-0.1, -0.05) is 103 Å². The highest BCUT2D eigenvalue weighted by Gasteiger charge is 2.40. The van der Waals surface area contributed by atoms with Crippen LogP contribution >= 0.6 is 0 Å². The molecule has 1 saturated heterocycles. The first-order valence-corrected chi connectivity index (χ1v) is 22.8. The van der Waals surface area contributed by atoms with Crippen LogP contribution in [-0.4, -0.2) is 82.4 Å². The molecule has 5 N–H and O–H groups in total. The Bertz CT molecular complexity index is 2250. The molecule has 1 aliphatic rings. The van der Waals surface area contributed by atoms with E-state index in [0.717, 1.165) is 16.7 Å². The standard InChI is InChI=1S/C52H64N6O10/c1-35(53-48(64)42-25-18-32-58(42)49(65)67-51(5,6)7)46(62)55-41(47(63)54-40-30-28-36(29-31-40)34-66-44(60)26-17-27-45(61)68-57-50(2,3)4)33-43(59)56-52(37-19-11-8-12-20-37,38-21-13-9-14-22-38)39-23-15-10-16-24-39/h8-16,19-24,28-31,35,41-42,57H,17-18,25-27,32-34H2,1-7H3,(H,53,64)(H,54,63)(H,55,62)(H,56,59)/t35-,41-,42-/m0/s1. The Hall–Kier alpha value is -7.07. The number of carbonyl (C=O) groups is 7. The van der Waals surface area contributed by atoms with Crippen molar-refractivity contribution >= 4 is 47.3 Å². The summed E-state index contributed by atoms with van der Waals surface area (Å²) in [6.45, 7) is 12.4. The van der Waals surface area contributed by atoms with E-state index in [1.807, 2.05) is 112 Å². The molecule has 1 heterocycles. The number of nitrogens with zero attached hydrogens (tertiary/aromatic N) is 1. The first-order valence-electron chi connectivity index (χ1n) is 22.8. The van der Waals surface area contributed by atoms with E-state index >= 15 is 0 Å². The van der Waals surface area contributed by atoms with E-state index in [0.29, 0.717) is 30.6 Å². The monoisotopic (exact) mass is 932 g/mol. The summed E-state index contributed by atoms with van der Waals surface area (Å²) in [5.41, 5.74) is 3.42. The van der Waals surface area contributed by atoms with Crippen LogP contribution < -0.4 is 26.7 Å². The van der Waals surface area contributed by atoms with Crippen LogP contribution in [-0.2, 0) is 55.2 Å². The number of hydrogen-bond acceptors (Lipinski definition) is 11. The first-order chi connectivity index (χ1) is 32.2. The fourth-order valence-electron chi connectivity index (χ4n) is 7.47. The summed E-state index contributed by atoms with van der Waals surface area (Å²) < 4.78 is 10.9. The molecule has 0 radical (unpaired) electrons. The number of ether oxygens (including phenoxy) is 2. The third-order valence-corrected chi connectivity index (χ3v) is 10.8. The van der Waals surface area contributed by atoms with Crippen LogP contribution in [0.3, 0.4) is 0 Å². The summed E-state index contributed by atoms with van der Waals surface area (Å²) in [5, 5.41) is 11.4. The molecule has 5 amide bonds. The molecule has 0 spiro atoms. The van der Waals surface area contributed by atoms with Gasteiger partial charge in [0.15, 0.2) is 0 Å². The number of carbonyl (C=O) groups excluding carboxylic acids is 7. The quantitative estimate of drug-likeness (QED) is 0.0294. The van der Waals surface area contributed by atoms with Crippen LogP contribution in [0.1, 0.15) is 109 Å². The third kappa shape index (κ3) is 15.2. The van der Waals surface area contributed by atoms with Crippen LogP contribution in [0.2, 0.25) is 0 Å². The minimum Gasteiger partial charge on any atom is -0.461 e. The van der Waals surface area contributed by atoms with Crippen LogP contribution in [0.5, 0.6) is 0 Å². The molecule has 0 aliphatic carbocycles. The summed E-state index contributed by atoms with van der Waals surface area (Å²) >= 11 is 0. The molecule has 16 heteroatoms. The minimum absolute atomic E-state index is 0.00994. The van der Waals surface area contributed by atoms with Gasteiger partial charge in [-0.3, -0.25) is 33.7 Å². The molecular weight excluding hydrogens is 869 g/mol. The zero-order chi connectivity index (χ0) is 49.5. The van der Waals surface area contributed by atoms with Crippen LogP contribution in [0.4, 0.5) is 10.5 Å². The molecule has 68 heavy (non-hydrogen) atoms. The Balaban J connectivity index is 1.32. The fourth-order valence-corrected chi connectivity index (χ4v) is 7.47. The second-order valence-corrected chi connectivity index (χ2v) is 18.8. The average Bonchev–Trinajstić information content (AvgIpc) is 3.81. The van der Waals surface area contributed by atoms with Crippen molar-refractivity contribution in [3.05, 3.63) is 138 Å². The van der Waals surface area contributed by atoms with Gasteiger partial charge in [0.25, 0.3) is 0 Å². The van der Waals surface area contributed by atoms with Gasteiger partial charge in [-0.2, -0.15) is 0 Å². The Morgan fingerprint density at radius 3 is 1.76 bits per heavy atom. The van der Waals surface area contributed by atoms with Gasteiger partial charge in [0.1, 0.15) is 35.9 Å². The lowest BCUT2D eigenvalue weighted by atomic mass is 9.77. The number of hydroxylamine groups is 1. The zero-order valence-electron chi connectivity index (χ0n) is 39.9. The number of rotatable bonds is 19. The lowest BCUT2D eigenvalue weighted by Crippen LogP contribution is -2.56. The van der Waals surface area contributed by atoms with Gasteiger partial charge in [0, 0.05) is 30.6 Å². The summed E-state index contributed by atoms with van der Waals surface area (Å²) in [6, 6.07) is 31.2. The molecule has 16 nitrogen and oxygen atoms in total. The Kier molecular flexibility index (Phi) is 18.0. The lowest BCUT2D eigenvalue weighted by Gasteiger charge is -2.37. The molecule has 362 valence electrons. The van der Waals surface area contributed by atoms with Gasteiger partial charge in [-0.15, -0.1) is 5.48 Å². The van der Waals surface area contributed by atoms with Crippen molar-refractivity contribution in [1.82, 2.24) is 26.3 Å². The maximum absolute atomic E-state index is 14.6. The van der Waals surface area contributed by atoms with Gasteiger partial charge in [-0.25, -0.2) is 4.79 Å². The first kappa shape index (κ1) is 51.9. The summed E-state index contributed by atoms with van der Waals surface area (Å²) in [7, 11) is 0. The maximum Gasteiger partial charge on any atom is 0.410 e. The van der Waals surface area contributed by atoms with E-state index in [9.17, 15) is 33.6 Å². The second-order valence-electron chi connectivity index (χ2n) is 18.8. The molecular formula is C52H64N6O10. The van der Waals surface area contributed by atoms with Gasteiger partial charge in [-0.05, 0) is 102 Å². The number of anilines is 1. The van der Waals surface area contributed by atoms with E-state index in [1.165, 1.54) is 11.8 Å². The predicted molar refractivity (Wildman–Crippen MR) is 255 cm³/mol. The van der Waals surface area contributed by atoms with Crippen molar-refractivity contribution in [3.63, 3.8) is 0 Å². The summed E-state index contributed by atoms with van der Waals surface area (Å²) in [5.74, 6) is -3.59. The molecule has 0 bridgehead atoms. The van der Waals surface area contributed by atoms with Crippen molar-refractivity contribution in [2.45, 2.75) is 128 Å². The van der Waals surface area contributed by atoms with Crippen LogP contribution in [0.25, 0.3) is 0 Å². The summed E-state index contributed by atoms with van der Waals surface area (Å²) in [6.07, 6.45) is 0.0681. The van der Waals surface area contributed by atoms with Crippen molar-refractivity contribution in [1.29, 1.82) is 0 Å². The number of esters is 1. The summed E-state index contributed by atoms with van der Waals surface area (Å²) in [4.78, 5) is 99.9. The van der Waals surface area contributed by atoms with E-state index in [1.54, 1.807) is 45.0 Å². The van der Waals surface area contributed by atoms with E-state index in [4.69, 9.17) is 14.3 Å². The Labute approximate surface area is 398 Å². The number of hydrogen-bond donors (Lipinski definition) is 5.